The number of H-pyrrole nitrogens is 1. The molecular weight excluding hydrogens is 268 g/mol. The highest BCUT2D eigenvalue weighted by Gasteiger charge is 2.24. The molecule has 0 aliphatic carbocycles. The molecule has 0 amide bonds. The van der Waals surface area contributed by atoms with Gasteiger partial charge in [-0.2, -0.15) is 5.10 Å². The topological polar surface area (TPSA) is 74.3 Å². The molecule has 0 fully saturated rings. The zero-order chi connectivity index (χ0) is 14.7. The molecule has 0 spiro atoms. The molecule has 0 aromatic carbocycles. The molecule has 1 aliphatic heterocycles. The minimum Gasteiger partial charge on any atom is -0.394 e. The van der Waals surface area contributed by atoms with Gasteiger partial charge in [0.2, 0.25) is 0 Å². The smallest absolute Gasteiger partial charge is 0.0927 e. The molecule has 0 unspecified atom stereocenters. The van der Waals surface area contributed by atoms with Gasteiger partial charge < -0.3 is 9.84 Å². The fourth-order valence-electron chi connectivity index (χ4n) is 2.65. The summed E-state index contributed by atoms with van der Waals surface area (Å²) >= 11 is 0. The summed E-state index contributed by atoms with van der Waals surface area (Å²) in [6.07, 6.45) is 0. The summed E-state index contributed by atoms with van der Waals surface area (Å²) in [5, 5.41) is 16.1. The van der Waals surface area contributed by atoms with Crippen LogP contribution < -0.4 is 0 Å². The number of aromatic amines is 1. The molecule has 0 saturated carbocycles. The minimum atomic E-state index is 0.0395. The van der Waals surface area contributed by atoms with Crippen LogP contribution in [-0.2, 0) is 31.0 Å². The van der Waals surface area contributed by atoms with E-state index < -0.39 is 0 Å². The molecule has 6 nitrogen and oxygen atoms in total. The van der Waals surface area contributed by atoms with Crippen LogP contribution in [0.15, 0.2) is 18.2 Å². The van der Waals surface area contributed by atoms with E-state index in [-0.39, 0.29) is 6.61 Å². The van der Waals surface area contributed by atoms with Crippen molar-refractivity contribution in [3.63, 3.8) is 0 Å². The standard InChI is InChI=1S/C15H20N4O2/c1-11-3-2-4-12(16-11)7-19-8-13-14(9-19)17-18-15(13)10-21-6-5-20/h2-4,20H,5-10H2,1H3,(H,17,18). The summed E-state index contributed by atoms with van der Waals surface area (Å²) in [6, 6.07) is 6.11. The van der Waals surface area contributed by atoms with Gasteiger partial charge in [0.05, 0.1) is 36.9 Å². The fourth-order valence-corrected chi connectivity index (χ4v) is 2.65. The Bertz CT molecular complexity index is 611. The normalized spacial score (nSPS) is 14.6. The molecule has 2 aromatic rings. The van der Waals surface area contributed by atoms with Gasteiger partial charge in [-0.05, 0) is 19.1 Å². The molecule has 3 rings (SSSR count). The number of aromatic nitrogens is 3. The molecule has 2 aromatic heterocycles. The van der Waals surface area contributed by atoms with Crippen molar-refractivity contribution >= 4 is 0 Å². The van der Waals surface area contributed by atoms with Crippen LogP contribution in [-0.4, -0.2) is 38.4 Å². The number of ether oxygens (including phenoxy) is 1. The van der Waals surface area contributed by atoms with E-state index in [4.69, 9.17) is 9.84 Å². The number of aryl methyl sites for hydroxylation is 1. The maximum absolute atomic E-state index is 8.75. The molecule has 0 bridgehead atoms. The van der Waals surface area contributed by atoms with Gasteiger partial charge >= 0.3 is 0 Å². The molecule has 1 aliphatic rings. The molecule has 112 valence electrons. The summed E-state index contributed by atoms with van der Waals surface area (Å²) in [5.74, 6) is 0. The number of nitrogens with zero attached hydrogens (tertiary/aromatic N) is 3. The van der Waals surface area contributed by atoms with Gasteiger partial charge in [0.25, 0.3) is 0 Å². The Labute approximate surface area is 123 Å². The van der Waals surface area contributed by atoms with E-state index >= 15 is 0 Å². The minimum absolute atomic E-state index is 0.0395. The third kappa shape index (κ3) is 3.29. The zero-order valence-electron chi connectivity index (χ0n) is 12.2. The number of aliphatic hydroxyl groups excluding tert-OH is 1. The Morgan fingerprint density at radius 3 is 3.10 bits per heavy atom. The molecule has 21 heavy (non-hydrogen) atoms. The van der Waals surface area contributed by atoms with E-state index in [0.717, 1.165) is 42.4 Å². The Balaban J connectivity index is 1.62. The molecular formula is C15H20N4O2. The van der Waals surface area contributed by atoms with E-state index in [1.807, 2.05) is 19.1 Å². The first-order valence-corrected chi connectivity index (χ1v) is 7.14. The molecule has 2 N–H and O–H groups in total. The van der Waals surface area contributed by atoms with Gasteiger partial charge in [-0.15, -0.1) is 0 Å². The monoisotopic (exact) mass is 288 g/mol. The zero-order valence-corrected chi connectivity index (χ0v) is 12.2. The van der Waals surface area contributed by atoms with Crippen molar-refractivity contribution < 1.29 is 9.84 Å². The largest absolute Gasteiger partial charge is 0.394 e. The van der Waals surface area contributed by atoms with Crippen LogP contribution in [0.25, 0.3) is 0 Å². The number of nitrogens with one attached hydrogen (secondary N) is 1. The lowest BCUT2D eigenvalue weighted by Crippen LogP contribution is -2.17. The van der Waals surface area contributed by atoms with Crippen molar-refractivity contribution in [3.05, 3.63) is 46.5 Å². The quantitative estimate of drug-likeness (QED) is 0.780. The number of rotatable bonds is 6. The first kappa shape index (κ1) is 14.2. The Morgan fingerprint density at radius 1 is 1.38 bits per heavy atom. The van der Waals surface area contributed by atoms with Crippen LogP contribution in [0, 0.1) is 6.92 Å². The predicted octanol–water partition coefficient (Wildman–Crippen LogP) is 1.14. The fraction of sp³-hybridized carbons (Fsp3) is 0.467. The van der Waals surface area contributed by atoms with Gasteiger partial charge in [0.15, 0.2) is 0 Å². The van der Waals surface area contributed by atoms with Gasteiger partial charge in [-0.25, -0.2) is 0 Å². The van der Waals surface area contributed by atoms with Gasteiger partial charge in [-0.1, -0.05) is 6.07 Å². The Morgan fingerprint density at radius 2 is 2.29 bits per heavy atom. The first-order chi connectivity index (χ1) is 10.3. The van der Waals surface area contributed by atoms with Crippen LogP contribution in [0.1, 0.15) is 28.3 Å². The SMILES string of the molecule is Cc1cccc(CN2Cc3[nH]nc(COCCO)c3C2)n1. The van der Waals surface area contributed by atoms with Crippen molar-refractivity contribution in [2.45, 2.75) is 33.2 Å². The summed E-state index contributed by atoms with van der Waals surface area (Å²) in [5.41, 5.74) is 5.46. The predicted molar refractivity (Wildman–Crippen MR) is 77.3 cm³/mol. The van der Waals surface area contributed by atoms with Crippen molar-refractivity contribution in [1.82, 2.24) is 20.1 Å². The number of hydrogen-bond donors (Lipinski definition) is 2. The highest BCUT2D eigenvalue weighted by atomic mass is 16.5. The second kappa shape index (κ2) is 6.34. The van der Waals surface area contributed by atoms with Crippen LogP contribution in [0.4, 0.5) is 0 Å². The average Bonchev–Trinajstić information content (AvgIpc) is 3.00. The molecule has 0 atom stereocenters. The van der Waals surface area contributed by atoms with Crippen molar-refractivity contribution in [1.29, 1.82) is 0 Å². The number of fused-ring (bicyclic) bond motifs is 1. The summed E-state index contributed by atoms with van der Waals surface area (Å²) < 4.78 is 5.36. The summed E-state index contributed by atoms with van der Waals surface area (Å²) in [4.78, 5) is 6.88. The van der Waals surface area contributed by atoms with Gasteiger partial charge in [0.1, 0.15) is 0 Å². The Kier molecular flexibility index (Phi) is 4.28. The third-order valence-corrected chi connectivity index (χ3v) is 3.61. The number of pyridine rings is 1. The van der Waals surface area contributed by atoms with E-state index in [1.54, 1.807) is 0 Å². The van der Waals surface area contributed by atoms with Crippen molar-refractivity contribution in [2.75, 3.05) is 13.2 Å². The second-order valence-corrected chi connectivity index (χ2v) is 5.32. The molecule has 0 radical (unpaired) electrons. The van der Waals surface area contributed by atoms with E-state index in [0.29, 0.717) is 13.2 Å². The molecule has 3 heterocycles. The maximum Gasteiger partial charge on any atom is 0.0927 e. The lowest BCUT2D eigenvalue weighted by Gasteiger charge is -2.14. The van der Waals surface area contributed by atoms with E-state index in [9.17, 15) is 0 Å². The lowest BCUT2D eigenvalue weighted by atomic mass is 10.2. The summed E-state index contributed by atoms with van der Waals surface area (Å²) in [6.45, 7) is 5.40. The van der Waals surface area contributed by atoms with Crippen molar-refractivity contribution in [3.8, 4) is 0 Å². The third-order valence-electron chi connectivity index (χ3n) is 3.61. The molecule has 0 saturated heterocycles. The van der Waals surface area contributed by atoms with Crippen molar-refractivity contribution in [2.24, 2.45) is 0 Å². The van der Waals surface area contributed by atoms with Gasteiger partial charge in [-0.3, -0.25) is 15.0 Å². The van der Waals surface area contributed by atoms with E-state index in [2.05, 4.69) is 26.1 Å². The Hall–Kier alpha value is -1.76. The highest BCUT2D eigenvalue weighted by molar-refractivity contribution is 5.28. The van der Waals surface area contributed by atoms with Crippen LogP contribution >= 0.6 is 0 Å². The number of aliphatic hydroxyl groups is 1. The first-order valence-electron chi connectivity index (χ1n) is 7.14. The maximum atomic E-state index is 8.75. The van der Waals surface area contributed by atoms with Gasteiger partial charge in [0, 0.05) is 30.9 Å². The molecule has 6 heteroatoms. The van der Waals surface area contributed by atoms with Crippen LogP contribution in [0.5, 0.6) is 0 Å². The van der Waals surface area contributed by atoms with Crippen LogP contribution in [0.2, 0.25) is 0 Å². The summed E-state index contributed by atoms with van der Waals surface area (Å²) in [7, 11) is 0. The van der Waals surface area contributed by atoms with E-state index in [1.165, 1.54) is 5.56 Å². The highest BCUT2D eigenvalue weighted by Crippen LogP contribution is 2.25. The van der Waals surface area contributed by atoms with Crippen LogP contribution in [0.3, 0.4) is 0 Å². The number of hydrogen-bond acceptors (Lipinski definition) is 5. The lowest BCUT2D eigenvalue weighted by molar-refractivity contribution is 0.0789. The second-order valence-electron chi connectivity index (χ2n) is 5.32. The average molecular weight is 288 g/mol.